The molecule has 0 aromatic carbocycles. The second kappa shape index (κ2) is 15.6. The number of aromatic nitrogens is 2. The maximum Gasteiger partial charge on any atom is 0.400 e. The van der Waals surface area contributed by atoms with Crippen LogP contribution in [0.2, 0.25) is 0 Å². The van der Waals surface area contributed by atoms with Crippen LogP contribution in [0.3, 0.4) is 0 Å². The van der Waals surface area contributed by atoms with Gasteiger partial charge in [0.25, 0.3) is 5.56 Å². The van der Waals surface area contributed by atoms with E-state index in [1.807, 2.05) is 0 Å². The van der Waals surface area contributed by atoms with Crippen LogP contribution in [-0.2, 0) is 32.9 Å². The van der Waals surface area contributed by atoms with Crippen molar-refractivity contribution in [3.8, 4) is 0 Å². The molecule has 0 spiro atoms. The highest BCUT2D eigenvalue weighted by atomic mass is 31.2. The van der Waals surface area contributed by atoms with Crippen LogP contribution >= 0.6 is 7.75 Å². The maximum atomic E-state index is 11.6. The Bertz CT molecular complexity index is 941. The van der Waals surface area contributed by atoms with Crippen molar-refractivity contribution >= 4 is 19.7 Å². The Kier molecular flexibility index (Phi) is 13.6. The highest BCUT2D eigenvalue weighted by Gasteiger charge is 2.36. The van der Waals surface area contributed by atoms with Crippen molar-refractivity contribution in [2.45, 2.75) is 51.5 Å². The van der Waals surface area contributed by atoms with Crippen LogP contribution < -0.4 is 22.1 Å². The van der Waals surface area contributed by atoms with E-state index in [2.05, 4.69) is 14.8 Å². The van der Waals surface area contributed by atoms with Crippen molar-refractivity contribution in [2.75, 3.05) is 32.9 Å². The summed E-state index contributed by atoms with van der Waals surface area (Å²) in [4.78, 5) is 55.1. The minimum atomic E-state index is -4.16. The van der Waals surface area contributed by atoms with Crippen molar-refractivity contribution in [3.63, 3.8) is 0 Å². The summed E-state index contributed by atoms with van der Waals surface area (Å²) in [5, 5.41) is 12.7. The molecule has 35 heavy (non-hydrogen) atoms. The third-order valence-electron chi connectivity index (χ3n) is 4.41. The first-order valence-electron chi connectivity index (χ1n) is 10.9. The average Bonchev–Trinajstić information content (AvgIpc) is 3.12. The molecular weight excluding hydrogens is 491 g/mol. The van der Waals surface area contributed by atoms with Gasteiger partial charge in [0.05, 0.1) is 38.8 Å². The molecule has 0 aliphatic carbocycles. The summed E-state index contributed by atoms with van der Waals surface area (Å²) in [5.74, 6) is -0.442. The number of aliphatic hydroxyl groups excluding tert-OH is 1. The van der Waals surface area contributed by atoms with Gasteiger partial charge in [0.15, 0.2) is 0 Å². The Morgan fingerprint density at radius 3 is 2.29 bits per heavy atom. The van der Waals surface area contributed by atoms with Crippen LogP contribution in [0.1, 0.15) is 39.3 Å². The summed E-state index contributed by atoms with van der Waals surface area (Å²) >= 11 is 0. The van der Waals surface area contributed by atoms with Gasteiger partial charge < -0.3 is 29.5 Å². The number of aliphatic hydroxyl groups is 1. The van der Waals surface area contributed by atoms with Gasteiger partial charge >= 0.3 is 25.4 Å². The summed E-state index contributed by atoms with van der Waals surface area (Å²) in [6.07, 6.45) is -0.734. The fraction of sp³-hybridized carbons (Fsp3) is 0.684. The standard InChI is InChI=1S/C10H19NO4.C9H14N3O7P/c1-3-14-9(12)5-7-11-8-6-10(13)15-4-2;10-20(16,17)18-4-6-5(13)3-8(19-6)12-2-1-7(14)11-9(12)15/h11H,3-8H2,1-2H3;1-2,5-6,8,13H,3-4H2,(H3,10,16,17)(H,11,14,15)/t;5-,6+,8+/m.0/s1. The fourth-order valence-electron chi connectivity index (χ4n) is 2.84. The van der Waals surface area contributed by atoms with Crippen molar-refractivity contribution in [3.05, 3.63) is 33.1 Å². The van der Waals surface area contributed by atoms with E-state index in [1.54, 1.807) is 13.8 Å². The van der Waals surface area contributed by atoms with E-state index < -0.39 is 37.4 Å². The van der Waals surface area contributed by atoms with E-state index in [0.29, 0.717) is 39.1 Å². The van der Waals surface area contributed by atoms with Gasteiger partial charge in [-0.15, -0.1) is 0 Å². The first-order valence-corrected chi connectivity index (χ1v) is 12.5. The Labute approximate surface area is 201 Å². The number of nitrogens with one attached hydrogen (secondary N) is 2. The highest BCUT2D eigenvalue weighted by molar-refractivity contribution is 7.50. The first-order chi connectivity index (χ1) is 16.5. The lowest BCUT2D eigenvalue weighted by Crippen LogP contribution is -2.31. The van der Waals surface area contributed by atoms with Crippen LogP contribution in [0.5, 0.6) is 0 Å². The summed E-state index contributed by atoms with van der Waals surface area (Å²) < 4.78 is 31.2. The molecule has 16 heteroatoms. The van der Waals surface area contributed by atoms with Gasteiger partial charge in [0, 0.05) is 31.8 Å². The number of carbonyl (C=O) groups excluding carboxylic acids is 2. The minimum Gasteiger partial charge on any atom is -0.466 e. The van der Waals surface area contributed by atoms with Crippen molar-refractivity contribution in [1.82, 2.24) is 14.9 Å². The smallest absolute Gasteiger partial charge is 0.400 e. The van der Waals surface area contributed by atoms with Gasteiger partial charge in [-0.1, -0.05) is 0 Å². The zero-order valence-electron chi connectivity index (χ0n) is 19.6. The lowest BCUT2D eigenvalue weighted by Gasteiger charge is -2.16. The number of rotatable bonds is 12. The Morgan fingerprint density at radius 1 is 1.23 bits per heavy atom. The van der Waals surface area contributed by atoms with Crippen LogP contribution in [0, 0.1) is 0 Å². The molecular formula is C19H33N4O11P. The zero-order chi connectivity index (χ0) is 26.4. The summed E-state index contributed by atoms with van der Waals surface area (Å²) in [7, 11) is -4.16. The van der Waals surface area contributed by atoms with Gasteiger partial charge in [-0.25, -0.2) is 14.9 Å². The SMILES string of the molecule is CCOC(=O)CCNCCC(=O)OCC.NP(=O)(O)OC[C@H]1O[C@@H](n2ccc(=O)[nH]c2=O)C[C@@H]1O. The Balaban J connectivity index is 0.000000367. The molecule has 0 radical (unpaired) electrons. The largest absolute Gasteiger partial charge is 0.466 e. The second-order valence-corrected chi connectivity index (χ2v) is 8.56. The van der Waals surface area contributed by atoms with Gasteiger partial charge in [-0.2, -0.15) is 0 Å². The van der Waals surface area contributed by atoms with Crippen molar-refractivity contribution in [2.24, 2.45) is 5.50 Å². The van der Waals surface area contributed by atoms with Crippen LogP contribution in [0.15, 0.2) is 21.9 Å². The molecule has 2 rings (SSSR count). The van der Waals surface area contributed by atoms with Gasteiger partial charge in [-0.3, -0.25) is 28.5 Å². The molecule has 200 valence electrons. The number of esters is 2. The molecule has 4 atom stereocenters. The molecule has 1 fully saturated rings. The normalized spacial score (nSPS) is 20.9. The third kappa shape index (κ3) is 12.8. The first kappa shape index (κ1) is 30.6. The average molecular weight is 524 g/mol. The van der Waals surface area contributed by atoms with Crippen LogP contribution in [0.25, 0.3) is 0 Å². The fourth-order valence-corrected chi connectivity index (χ4v) is 3.20. The second-order valence-electron chi connectivity index (χ2n) is 7.17. The molecule has 0 amide bonds. The number of hydrogen-bond acceptors (Lipinski definition) is 11. The van der Waals surface area contributed by atoms with E-state index in [0.717, 1.165) is 10.6 Å². The molecule has 6 N–H and O–H groups in total. The molecule has 15 nitrogen and oxygen atoms in total. The number of nitrogens with two attached hydrogens (primary N) is 1. The zero-order valence-corrected chi connectivity index (χ0v) is 20.5. The predicted octanol–water partition coefficient (Wildman–Crippen LogP) is -1.26. The summed E-state index contributed by atoms with van der Waals surface area (Å²) in [6, 6.07) is 1.14. The predicted molar refractivity (Wildman–Crippen MR) is 121 cm³/mol. The topological polar surface area (TPSA) is 221 Å². The molecule has 0 bridgehead atoms. The molecule has 1 aromatic heterocycles. The monoisotopic (exact) mass is 524 g/mol. The lowest BCUT2D eigenvalue weighted by molar-refractivity contribution is -0.143. The lowest BCUT2D eigenvalue weighted by atomic mass is 10.2. The van der Waals surface area contributed by atoms with Crippen LogP contribution in [-0.4, -0.2) is 76.6 Å². The molecule has 1 saturated heterocycles. The van der Waals surface area contributed by atoms with Crippen molar-refractivity contribution in [1.29, 1.82) is 0 Å². The Hall–Kier alpha value is -2.39. The summed E-state index contributed by atoms with van der Waals surface area (Å²) in [5.41, 5.74) is 3.58. The maximum absolute atomic E-state index is 11.6. The van der Waals surface area contributed by atoms with Crippen molar-refractivity contribution < 1.29 is 42.9 Å². The number of H-pyrrole nitrogens is 1. The number of nitrogens with zero attached hydrogens (tertiary/aromatic N) is 1. The molecule has 1 aliphatic heterocycles. The van der Waals surface area contributed by atoms with E-state index >= 15 is 0 Å². The summed E-state index contributed by atoms with van der Waals surface area (Å²) in [6.45, 7) is 5.01. The molecule has 0 saturated carbocycles. The minimum absolute atomic E-state index is 0.0697. The molecule has 2 heterocycles. The van der Waals surface area contributed by atoms with Gasteiger partial charge in [0.2, 0.25) is 0 Å². The van der Waals surface area contributed by atoms with Gasteiger partial charge in [0.1, 0.15) is 12.3 Å². The number of carbonyl (C=O) groups is 2. The third-order valence-corrected chi connectivity index (χ3v) is 4.93. The van der Waals surface area contributed by atoms with Crippen LogP contribution in [0.4, 0.5) is 0 Å². The van der Waals surface area contributed by atoms with E-state index in [9.17, 15) is 28.8 Å². The van der Waals surface area contributed by atoms with E-state index in [4.69, 9.17) is 24.6 Å². The van der Waals surface area contributed by atoms with E-state index in [1.165, 1.54) is 6.20 Å². The van der Waals surface area contributed by atoms with E-state index in [-0.39, 0.29) is 25.0 Å². The Morgan fingerprint density at radius 2 is 1.80 bits per heavy atom. The molecule has 1 unspecified atom stereocenters. The number of hydrogen-bond donors (Lipinski definition) is 5. The highest BCUT2D eigenvalue weighted by Crippen LogP contribution is 2.34. The quantitative estimate of drug-likeness (QED) is 0.123. The molecule has 1 aliphatic rings. The van der Waals surface area contributed by atoms with Gasteiger partial charge in [-0.05, 0) is 13.8 Å². The number of aromatic amines is 1. The number of ether oxygens (including phenoxy) is 3. The molecule has 1 aromatic rings.